The van der Waals surface area contributed by atoms with Gasteiger partial charge in [0.05, 0.1) is 17.1 Å². The van der Waals surface area contributed by atoms with Gasteiger partial charge in [-0.05, 0) is 55.7 Å². The van der Waals surface area contributed by atoms with Crippen LogP contribution in [0.4, 0.5) is 11.5 Å². The third-order valence-electron chi connectivity index (χ3n) is 5.76. The summed E-state index contributed by atoms with van der Waals surface area (Å²) in [5, 5.41) is 9.98. The molecule has 1 aromatic carbocycles. The molecule has 1 aliphatic rings. The van der Waals surface area contributed by atoms with Crippen LogP contribution in [0.3, 0.4) is 0 Å². The van der Waals surface area contributed by atoms with Crippen molar-refractivity contribution < 1.29 is 0 Å². The van der Waals surface area contributed by atoms with E-state index in [4.69, 9.17) is 11.1 Å². The average molecular weight is 396 g/mol. The van der Waals surface area contributed by atoms with Crippen LogP contribution in [0.1, 0.15) is 30.5 Å². The van der Waals surface area contributed by atoms with Gasteiger partial charge in [-0.15, -0.1) is 0 Å². The minimum Gasteiger partial charge on any atom is -0.383 e. The molecule has 0 radical (unpaired) electrons. The molecule has 0 saturated carbocycles. The molecule has 1 aliphatic heterocycles. The zero-order valence-electron chi connectivity index (χ0n) is 16.7. The summed E-state index contributed by atoms with van der Waals surface area (Å²) in [6.45, 7) is 2.17. The molecule has 4 aromatic rings. The number of aromatic amines is 1. The molecule has 6 heteroatoms. The van der Waals surface area contributed by atoms with E-state index in [2.05, 4.69) is 44.1 Å². The summed E-state index contributed by atoms with van der Waals surface area (Å²) in [4.78, 5) is 14.6. The fraction of sp³-hybridized carbons (Fsp3) is 0.208. The van der Waals surface area contributed by atoms with Crippen molar-refractivity contribution in [2.45, 2.75) is 19.3 Å². The van der Waals surface area contributed by atoms with Crippen LogP contribution in [0.2, 0.25) is 0 Å². The smallest absolute Gasteiger partial charge is 0.132 e. The molecule has 4 N–H and O–H groups in total. The first-order valence-corrected chi connectivity index (χ1v) is 10.3. The third kappa shape index (κ3) is 3.30. The summed E-state index contributed by atoms with van der Waals surface area (Å²) in [5.41, 5.74) is 11.7. The lowest BCUT2D eigenvalue weighted by atomic mass is 10.0. The number of rotatable bonds is 4. The van der Waals surface area contributed by atoms with Gasteiger partial charge in [0, 0.05) is 53.2 Å². The van der Waals surface area contributed by atoms with E-state index >= 15 is 0 Å². The Hall–Kier alpha value is -3.67. The van der Waals surface area contributed by atoms with Crippen LogP contribution >= 0.6 is 0 Å². The predicted molar refractivity (Wildman–Crippen MR) is 122 cm³/mol. The number of aromatic nitrogens is 3. The van der Waals surface area contributed by atoms with Gasteiger partial charge in [0.15, 0.2) is 0 Å². The minimum absolute atomic E-state index is 0.332. The Bertz CT molecular complexity index is 1210. The maximum absolute atomic E-state index is 8.83. The number of hydrogen-bond donors (Lipinski definition) is 3. The van der Waals surface area contributed by atoms with E-state index < -0.39 is 0 Å². The number of hydrogen-bond acceptors (Lipinski definition) is 5. The molecule has 0 spiro atoms. The van der Waals surface area contributed by atoms with Crippen molar-refractivity contribution in [1.82, 2.24) is 15.0 Å². The van der Waals surface area contributed by atoms with Gasteiger partial charge in [0.25, 0.3) is 0 Å². The van der Waals surface area contributed by atoms with E-state index in [9.17, 15) is 0 Å². The molecule has 150 valence electrons. The second-order valence-corrected chi connectivity index (χ2v) is 7.72. The van der Waals surface area contributed by atoms with Gasteiger partial charge < -0.3 is 15.6 Å². The molecular formula is C24H24N6. The standard InChI is InChI=1S/C24H24N6/c25-23(18-13-16(15-28-24(18)26)19-7-2-3-10-27-19)21-14-17-20(29-21)8-6-9-22(17)30-11-4-1-5-12-30/h2-3,6-10,13-15,25,29H,1,4-5,11-12H2,(H2,26,28). The molecule has 0 aliphatic carbocycles. The quantitative estimate of drug-likeness (QED) is 0.439. The second kappa shape index (κ2) is 7.63. The van der Waals surface area contributed by atoms with Gasteiger partial charge in [-0.2, -0.15) is 0 Å². The monoisotopic (exact) mass is 396 g/mol. The fourth-order valence-electron chi connectivity index (χ4n) is 4.18. The first-order valence-electron chi connectivity index (χ1n) is 10.3. The number of nitrogens with one attached hydrogen (secondary N) is 2. The Kier molecular flexibility index (Phi) is 4.67. The van der Waals surface area contributed by atoms with Crippen LogP contribution in [-0.2, 0) is 0 Å². The van der Waals surface area contributed by atoms with E-state index in [1.54, 1.807) is 12.4 Å². The van der Waals surface area contributed by atoms with Gasteiger partial charge in [-0.3, -0.25) is 10.4 Å². The number of nitrogens with two attached hydrogens (primary N) is 1. The maximum Gasteiger partial charge on any atom is 0.132 e. The van der Waals surface area contributed by atoms with Crippen LogP contribution in [0.15, 0.2) is 60.9 Å². The molecule has 1 fully saturated rings. The van der Waals surface area contributed by atoms with E-state index in [1.807, 2.05) is 24.3 Å². The number of benzene rings is 1. The van der Waals surface area contributed by atoms with Gasteiger partial charge in [-0.25, -0.2) is 4.98 Å². The Labute approximate surface area is 175 Å². The number of nitrogens with zero attached hydrogens (tertiary/aromatic N) is 3. The highest BCUT2D eigenvalue weighted by Gasteiger charge is 2.18. The molecular weight excluding hydrogens is 372 g/mol. The molecule has 0 amide bonds. The van der Waals surface area contributed by atoms with Crippen LogP contribution in [-0.4, -0.2) is 33.8 Å². The van der Waals surface area contributed by atoms with Crippen molar-refractivity contribution in [1.29, 1.82) is 5.41 Å². The molecule has 4 heterocycles. The summed E-state index contributed by atoms with van der Waals surface area (Å²) in [5.74, 6) is 0.342. The number of piperidine rings is 1. The molecule has 30 heavy (non-hydrogen) atoms. The highest BCUT2D eigenvalue weighted by atomic mass is 15.1. The normalized spacial score (nSPS) is 14.2. The minimum atomic E-state index is 0.332. The number of H-pyrrole nitrogens is 1. The number of anilines is 2. The fourth-order valence-corrected chi connectivity index (χ4v) is 4.18. The van der Waals surface area contributed by atoms with Crippen molar-refractivity contribution in [2.24, 2.45) is 0 Å². The molecule has 3 aromatic heterocycles. The highest BCUT2D eigenvalue weighted by Crippen LogP contribution is 2.31. The summed E-state index contributed by atoms with van der Waals surface area (Å²) in [7, 11) is 0. The lowest BCUT2D eigenvalue weighted by Gasteiger charge is -2.29. The summed E-state index contributed by atoms with van der Waals surface area (Å²) >= 11 is 0. The second-order valence-electron chi connectivity index (χ2n) is 7.72. The van der Waals surface area contributed by atoms with Gasteiger partial charge in [0.1, 0.15) is 5.82 Å². The Morgan fingerprint density at radius 1 is 1.00 bits per heavy atom. The van der Waals surface area contributed by atoms with Crippen molar-refractivity contribution in [3.8, 4) is 11.3 Å². The third-order valence-corrected chi connectivity index (χ3v) is 5.76. The van der Waals surface area contributed by atoms with Crippen LogP contribution < -0.4 is 10.6 Å². The van der Waals surface area contributed by atoms with E-state index in [-0.39, 0.29) is 0 Å². The van der Waals surface area contributed by atoms with E-state index in [0.717, 1.165) is 40.9 Å². The topological polar surface area (TPSA) is 94.7 Å². The van der Waals surface area contributed by atoms with Gasteiger partial charge >= 0.3 is 0 Å². The first kappa shape index (κ1) is 18.4. The highest BCUT2D eigenvalue weighted by molar-refractivity contribution is 6.15. The largest absolute Gasteiger partial charge is 0.383 e. The van der Waals surface area contributed by atoms with E-state index in [0.29, 0.717) is 17.1 Å². The summed E-state index contributed by atoms with van der Waals surface area (Å²) in [6, 6.07) is 16.0. The molecule has 0 unspecified atom stereocenters. The molecule has 5 rings (SSSR count). The Balaban J connectivity index is 1.54. The van der Waals surface area contributed by atoms with Gasteiger partial charge in [-0.1, -0.05) is 12.1 Å². The molecule has 6 nitrogen and oxygen atoms in total. The van der Waals surface area contributed by atoms with Crippen molar-refractivity contribution in [2.75, 3.05) is 23.7 Å². The zero-order chi connectivity index (χ0) is 20.5. The number of fused-ring (bicyclic) bond motifs is 1. The lowest BCUT2D eigenvalue weighted by molar-refractivity contribution is 0.579. The van der Waals surface area contributed by atoms with Crippen LogP contribution in [0.5, 0.6) is 0 Å². The van der Waals surface area contributed by atoms with Crippen molar-refractivity contribution in [3.05, 3.63) is 72.2 Å². The Morgan fingerprint density at radius 3 is 2.67 bits per heavy atom. The number of pyridine rings is 2. The average Bonchev–Trinajstić information content (AvgIpc) is 3.25. The van der Waals surface area contributed by atoms with Gasteiger partial charge in [0.2, 0.25) is 0 Å². The molecule has 0 bridgehead atoms. The maximum atomic E-state index is 8.83. The Morgan fingerprint density at radius 2 is 1.87 bits per heavy atom. The van der Waals surface area contributed by atoms with Crippen molar-refractivity contribution >= 4 is 28.1 Å². The van der Waals surface area contributed by atoms with Crippen LogP contribution in [0, 0.1) is 5.41 Å². The zero-order valence-corrected chi connectivity index (χ0v) is 16.7. The molecule has 0 atom stereocenters. The number of nitrogen functional groups attached to an aromatic ring is 1. The van der Waals surface area contributed by atoms with E-state index in [1.165, 1.54) is 24.9 Å². The predicted octanol–water partition coefficient (Wildman–Crippen LogP) is 4.61. The lowest BCUT2D eigenvalue weighted by Crippen LogP contribution is -2.29. The van der Waals surface area contributed by atoms with Crippen LogP contribution in [0.25, 0.3) is 22.2 Å². The van der Waals surface area contributed by atoms with Crippen molar-refractivity contribution in [3.63, 3.8) is 0 Å². The SMILES string of the molecule is N=C(c1cc2c(N3CCCCC3)cccc2[nH]1)c1cc(-c2ccccn2)cnc1N. The first-order chi connectivity index (χ1) is 14.7. The summed E-state index contributed by atoms with van der Waals surface area (Å²) in [6.07, 6.45) is 7.21. The summed E-state index contributed by atoms with van der Waals surface area (Å²) < 4.78 is 0. The molecule has 1 saturated heterocycles.